The number of hydrogen-bond donors (Lipinski definition) is 0. The molecule has 82 valence electrons. The van der Waals surface area contributed by atoms with Gasteiger partial charge in [0.05, 0.1) is 11.7 Å². The third kappa shape index (κ3) is 2.03. The highest BCUT2D eigenvalue weighted by Gasteiger charge is 2.04. The number of aromatic nitrogens is 2. The first-order valence-electron chi connectivity index (χ1n) is 5.34. The summed E-state index contributed by atoms with van der Waals surface area (Å²) in [5, 5.41) is 4.35. The minimum Gasteiger partial charge on any atom is -0.268 e. The van der Waals surface area contributed by atoms with E-state index in [1.807, 2.05) is 44.2 Å². The van der Waals surface area contributed by atoms with Crippen molar-refractivity contribution in [2.45, 2.75) is 19.9 Å². The molecule has 0 aliphatic carbocycles. The Morgan fingerprint density at radius 1 is 1.06 bits per heavy atom. The summed E-state index contributed by atoms with van der Waals surface area (Å²) in [4.78, 5) is 11.5. The van der Waals surface area contributed by atoms with Crippen molar-refractivity contribution in [1.29, 1.82) is 0 Å². The molecule has 0 saturated carbocycles. The van der Waals surface area contributed by atoms with Crippen LogP contribution in [0.2, 0.25) is 0 Å². The molecular weight excluding hydrogens is 200 g/mol. The van der Waals surface area contributed by atoms with E-state index in [2.05, 4.69) is 5.10 Å². The van der Waals surface area contributed by atoms with E-state index in [9.17, 15) is 4.79 Å². The summed E-state index contributed by atoms with van der Waals surface area (Å²) >= 11 is 0. The van der Waals surface area contributed by atoms with Gasteiger partial charge in [-0.1, -0.05) is 30.3 Å². The Hall–Kier alpha value is -1.90. The van der Waals surface area contributed by atoms with Crippen LogP contribution in [0.1, 0.15) is 19.9 Å². The summed E-state index contributed by atoms with van der Waals surface area (Å²) in [6.45, 7) is 3.90. The summed E-state index contributed by atoms with van der Waals surface area (Å²) in [5.74, 6) is 0. The molecule has 2 rings (SSSR count). The van der Waals surface area contributed by atoms with Crippen LogP contribution in [-0.2, 0) is 0 Å². The van der Waals surface area contributed by atoms with E-state index in [1.165, 1.54) is 4.68 Å². The molecule has 0 radical (unpaired) electrons. The van der Waals surface area contributed by atoms with Crippen molar-refractivity contribution >= 4 is 0 Å². The summed E-state index contributed by atoms with van der Waals surface area (Å²) in [7, 11) is 0. The number of benzene rings is 1. The summed E-state index contributed by atoms with van der Waals surface area (Å²) in [5.41, 5.74) is 1.79. The van der Waals surface area contributed by atoms with Gasteiger partial charge in [0.2, 0.25) is 0 Å². The molecule has 0 fully saturated rings. The predicted molar refractivity (Wildman–Crippen MR) is 64.3 cm³/mol. The zero-order valence-corrected chi connectivity index (χ0v) is 9.42. The highest BCUT2D eigenvalue weighted by molar-refractivity contribution is 5.57. The quantitative estimate of drug-likeness (QED) is 0.769. The molecule has 0 aliphatic rings. The van der Waals surface area contributed by atoms with E-state index in [4.69, 9.17) is 0 Å². The van der Waals surface area contributed by atoms with Crippen LogP contribution in [0.15, 0.2) is 47.3 Å². The van der Waals surface area contributed by atoms with Gasteiger partial charge in [0, 0.05) is 11.6 Å². The Labute approximate surface area is 94.4 Å². The maximum absolute atomic E-state index is 11.5. The molecule has 2 aromatic rings. The molecule has 3 heteroatoms. The van der Waals surface area contributed by atoms with E-state index in [0.717, 1.165) is 11.3 Å². The van der Waals surface area contributed by atoms with Crippen LogP contribution in [0.5, 0.6) is 0 Å². The molecule has 16 heavy (non-hydrogen) atoms. The highest BCUT2D eigenvalue weighted by atomic mass is 16.1. The van der Waals surface area contributed by atoms with E-state index in [-0.39, 0.29) is 11.6 Å². The molecule has 0 unspecified atom stereocenters. The van der Waals surface area contributed by atoms with Gasteiger partial charge >= 0.3 is 0 Å². The predicted octanol–water partition coefficient (Wildman–Crippen LogP) is 2.49. The van der Waals surface area contributed by atoms with Gasteiger partial charge in [-0.05, 0) is 19.9 Å². The molecule has 0 spiro atoms. The smallest absolute Gasteiger partial charge is 0.267 e. The van der Waals surface area contributed by atoms with Crippen molar-refractivity contribution < 1.29 is 0 Å². The molecule has 0 amide bonds. The Morgan fingerprint density at radius 2 is 1.75 bits per heavy atom. The fraction of sp³-hybridized carbons (Fsp3) is 0.231. The van der Waals surface area contributed by atoms with Crippen LogP contribution in [0.3, 0.4) is 0 Å². The van der Waals surface area contributed by atoms with Gasteiger partial charge in [-0.2, -0.15) is 5.10 Å². The van der Waals surface area contributed by atoms with Gasteiger partial charge in [0.1, 0.15) is 0 Å². The minimum absolute atomic E-state index is 0.0605. The molecule has 0 bridgehead atoms. The second-order valence-electron chi connectivity index (χ2n) is 3.96. The summed E-state index contributed by atoms with van der Waals surface area (Å²) < 4.78 is 1.50. The van der Waals surface area contributed by atoms with Crippen molar-refractivity contribution in [3.05, 3.63) is 52.8 Å². The van der Waals surface area contributed by atoms with Gasteiger partial charge < -0.3 is 0 Å². The van der Waals surface area contributed by atoms with Crippen molar-refractivity contribution in [1.82, 2.24) is 9.78 Å². The van der Waals surface area contributed by atoms with Crippen LogP contribution in [-0.4, -0.2) is 9.78 Å². The average Bonchev–Trinajstić information content (AvgIpc) is 2.30. The maximum Gasteiger partial charge on any atom is 0.267 e. The third-order valence-electron chi connectivity index (χ3n) is 2.38. The SMILES string of the molecule is CC(C)n1nc(-c2ccccc2)ccc1=O. The van der Waals surface area contributed by atoms with Gasteiger partial charge in [-0.15, -0.1) is 0 Å². The van der Waals surface area contributed by atoms with Gasteiger partial charge in [-0.3, -0.25) is 4.79 Å². The van der Waals surface area contributed by atoms with Crippen molar-refractivity contribution in [3.63, 3.8) is 0 Å². The first-order chi connectivity index (χ1) is 7.68. The molecular formula is C13H14N2O. The lowest BCUT2D eigenvalue weighted by atomic mass is 10.1. The van der Waals surface area contributed by atoms with Crippen molar-refractivity contribution in [2.75, 3.05) is 0 Å². The van der Waals surface area contributed by atoms with E-state index in [0.29, 0.717) is 0 Å². The van der Waals surface area contributed by atoms with Crippen LogP contribution in [0.25, 0.3) is 11.3 Å². The van der Waals surface area contributed by atoms with E-state index in [1.54, 1.807) is 12.1 Å². The lowest BCUT2D eigenvalue weighted by molar-refractivity contribution is 0.505. The topological polar surface area (TPSA) is 34.9 Å². The molecule has 0 saturated heterocycles. The zero-order chi connectivity index (χ0) is 11.5. The first-order valence-corrected chi connectivity index (χ1v) is 5.34. The van der Waals surface area contributed by atoms with Gasteiger partial charge in [0.25, 0.3) is 5.56 Å². The Bertz CT molecular complexity index is 529. The van der Waals surface area contributed by atoms with Crippen molar-refractivity contribution in [3.8, 4) is 11.3 Å². The molecule has 0 N–H and O–H groups in total. The number of rotatable bonds is 2. The average molecular weight is 214 g/mol. The first kappa shape index (κ1) is 10.6. The second-order valence-corrected chi connectivity index (χ2v) is 3.96. The van der Waals surface area contributed by atoms with Crippen LogP contribution < -0.4 is 5.56 Å². The summed E-state index contributed by atoms with van der Waals surface area (Å²) in [6, 6.07) is 13.3. The fourth-order valence-corrected chi connectivity index (χ4v) is 1.56. The monoisotopic (exact) mass is 214 g/mol. The van der Waals surface area contributed by atoms with E-state index >= 15 is 0 Å². The van der Waals surface area contributed by atoms with Crippen LogP contribution in [0, 0.1) is 0 Å². The Kier molecular flexibility index (Phi) is 2.86. The Morgan fingerprint density at radius 3 is 2.38 bits per heavy atom. The van der Waals surface area contributed by atoms with Crippen LogP contribution >= 0.6 is 0 Å². The van der Waals surface area contributed by atoms with Gasteiger partial charge in [-0.25, -0.2) is 4.68 Å². The molecule has 0 atom stereocenters. The largest absolute Gasteiger partial charge is 0.268 e. The fourth-order valence-electron chi connectivity index (χ4n) is 1.56. The molecule has 1 heterocycles. The van der Waals surface area contributed by atoms with Crippen LogP contribution in [0.4, 0.5) is 0 Å². The standard InChI is InChI=1S/C13H14N2O/c1-10(2)15-13(16)9-8-12(14-15)11-6-4-3-5-7-11/h3-10H,1-2H3. The minimum atomic E-state index is -0.0605. The zero-order valence-electron chi connectivity index (χ0n) is 9.42. The lowest BCUT2D eigenvalue weighted by Crippen LogP contribution is -2.23. The molecule has 3 nitrogen and oxygen atoms in total. The lowest BCUT2D eigenvalue weighted by Gasteiger charge is -2.09. The van der Waals surface area contributed by atoms with Gasteiger partial charge in [0.15, 0.2) is 0 Å². The molecule has 0 aliphatic heterocycles. The van der Waals surface area contributed by atoms with E-state index < -0.39 is 0 Å². The third-order valence-corrected chi connectivity index (χ3v) is 2.38. The highest BCUT2D eigenvalue weighted by Crippen LogP contribution is 2.14. The number of nitrogens with zero attached hydrogens (tertiary/aromatic N) is 2. The maximum atomic E-state index is 11.5. The normalized spacial score (nSPS) is 10.7. The van der Waals surface area contributed by atoms with Crippen molar-refractivity contribution in [2.24, 2.45) is 0 Å². The Balaban J connectivity index is 2.52. The molecule has 1 aromatic carbocycles. The number of hydrogen-bond acceptors (Lipinski definition) is 2. The summed E-state index contributed by atoms with van der Waals surface area (Å²) in [6.07, 6.45) is 0. The second kappa shape index (κ2) is 4.31. The molecule has 1 aromatic heterocycles.